The van der Waals surface area contributed by atoms with E-state index in [1.807, 2.05) is 0 Å². The summed E-state index contributed by atoms with van der Waals surface area (Å²) in [5, 5.41) is 13.6. The van der Waals surface area contributed by atoms with Crippen LogP contribution in [0.25, 0.3) is 0 Å². The molecule has 0 aliphatic heterocycles. The summed E-state index contributed by atoms with van der Waals surface area (Å²) in [6, 6.07) is 1.85. The van der Waals surface area contributed by atoms with E-state index < -0.39 is 16.7 Å². The Labute approximate surface area is 123 Å². The zero-order valence-corrected chi connectivity index (χ0v) is 11.5. The number of aryl methyl sites for hydroxylation is 1. The van der Waals surface area contributed by atoms with Gasteiger partial charge in [0.15, 0.2) is 0 Å². The summed E-state index contributed by atoms with van der Waals surface area (Å²) >= 11 is 0. The van der Waals surface area contributed by atoms with Crippen LogP contribution in [0.1, 0.15) is 11.3 Å². The molecule has 0 amide bonds. The highest BCUT2D eigenvalue weighted by Crippen LogP contribution is 2.29. The van der Waals surface area contributed by atoms with Crippen molar-refractivity contribution in [1.82, 2.24) is 14.5 Å². The predicted molar refractivity (Wildman–Crippen MR) is 71.3 cm³/mol. The van der Waals surface area contributed by atoms with Crippen LogP contribution < -0.4 is 5.32 Å². The van der Waals surface area contributed by atoms with Crippen LogP contribution in [0.5, 0.6) is 0 Å². The number of imidazole rings is 1. The normalized spacial score (nSPS) is 11.5. The highest BCUT2D eigenvalue weighted by atomic mass is 19.4. The fourth-order valence-corrected chi connectivity index (χ4v) is 1.86. The lowest BCUT2D eigenvalue weighted by atomic mass is 10.2. The number of nitrogens with one attached hydrogen (secondary N) is 1. The minimum absolute atomic E-state index is 0.187. The lowest BCUT2D eigenvalue weighted by molar-refractivity contribution is -0.388. The maximum absolute atomic E-state index is 12.6. The van der Waals surface area contributed by atoms with E-state index in [-0.39, 0.29) is 30.3 Å². The number of rotatable bonds is 5. The molecule has 7 nitrogen and oxygen atoms in total. The molecule has 2 aromatic rings. The Balaban J connectivity index is 2.03. The van der Waals surface area contributed by atoms with Crippen LogP contribution in [-0.2, 0) is 19.6 Å². The lowest BCUT2D eigenvalue weighted by Crippen LogP contribution is -2.11. The first-order valence-electron chi connectivity index (χ1n) is 6.20. The van der Waals surface area contributed by atoms with Gasteiger partial charge in [-0.05, 0) is 22.0 Å². The number of alkyl halides is 3. The summed E-state index contributed by atoms with van der Waals surface area (Å²) in [4.78, 5) is 17.6. The van der Waals surface area contributed by atoms with E-state index in [0.717, 1.165) is 18.3 Å². The summed E-state index contributed by atoms with van der Waals surface area (Å²) in [5.41, 5.74) is -0.531. The van der Waals surface area contributed by atoms with Gasteiger partial charge in [-0.3, -0.25) is 9.55 Å². The zero-order valence-electron chi connectivity index (χ0n) is 11.5. The van der Waals surface area contributed by atoms with Crippen molar-refractivity contribution in [3.63, 3.8) is 0 Å². The molecule has 0 spiro atoms. The number of aromatic nitrogens is 3. The van der Waals surface area contributed by atoms with Crippen molar-refractivity contribution in [2.45, 2.75) is 12.6 Å². The first-order valence-corrected chi connectivity index (χ1v) is 6.20. The predicted octanol–water partition coefficient (Wildman–Crippen LogP) is 2.40. The van der Waals surface area contributed by atoms with Crippen molar-refractivity contribution in [1.29, 1.82) is 0 Å². The van der Waals surface area contributed by atoms with Crippen LogP contribution in [0, 0.1) is 10.1 Å². The summed E-state index contributed by atoms with van der Waals surface area (Å²) in [7, 11) is 1.57. The van der Waals surface area contributed by atoms with Gasteiger partial charge in [0.05, 0.1) is 5.56 Å². The van der Waals surface area contributed by atoms with Crippen molar-refractivity contribution >= 4 is 11.6 Å². The molecule has 0 aliphatic carbocycles. The Morgan fingerprint density at radius 2 is 2.14 bits per heavy atom. The summed E-state index contributed by atoms with van der Waals surface area (Å²) in [5.74, 6) is -0.142. The van der Waals surface area contributed by atoms with Gasteiger partial charge in [0, 0.05) is 31.9 Å². The van der Waals surface area contributed by atoms with Gasteiger partial charge in [-0.15, -0.1) is 0 Å². The van der Waals surface area contributed by atoms with E-state index in [1.165, 1.54) is 10.9 Å². The van der Waals surface area contributed by atoms with Crippen LogP contribution in [0.4, 0.5) is 24.8 Å². The quantitative estimate of drug-likeness (QED) is 0.676. The number of hydrogen-bond acceptors (Lipinski definition) is 5. The maximum atomic E-state index is 12.6. The second-order valence-corrected chi connectivity index (χ2v) is 4.50. The van der Waals surface area contributed by atoms with Gasteiger partial charge in [0.25, 0.3) is 0 Å². The third kappa shape index (κ3) is 3.51. The summed E-state index contributed by atoms with van der Waals surface area (Å²) in [6.07, 6.45) is -1.87. The molecule has 0 bridgehead atoms. The molecule has 1 N–H and O–H groups in total. The molecule has 2 heterocycles. The van der Waals surface area contributed by atoms with Crippen LogP contribution in [0.15, 0.2) is 24.7 Å². The fourth-order valence-electron chi connectivity index (χ4n) is 1.86. The fraction of sp³-hybridized carbons (Fsp3) is 0.333. The third-order valence-electron chi connectivity index (χ3n) is 2.91. The van der Waals surface area contributed by atoms with Crippen molar-refractivity contribution < 1.29 is 18.1 Å². The van der Waals surface area contributed by atoms with Crippen LogP contribution in [0.3, 0.4) is 0 Å². The van der Waals surface area contributed by atoms with Crippen LogP contribution in [-0.4, -0.2) is 26.0 Å². The number of pyridine rings is 1. The molecule has 10 heteroatoms. The van der Waals surface area contributed by atoms with Crippen molar-refractivity contribution in [2.75, 3.05) is 11.9 Å². The van der Waals surface area contributed by atoms with E-state index in [1.54, 1.807) is 7.05 Å². The highest BCUT2D eigenvalue weighted by Gasteiger charge is 2.30. The van der Waals surface area contributed by atoms with Gasteiger partial charge in [0.1, 0.15) is 0 Å². The molecule has 0 radical (unpaired) electrons. The van der Waals surface area contributed by atoms with Gasteiger partial charge in [-0.25, -0.2) is 0 Å². The SMILES string of the molecule is Cn1cnc([N+](=O)[O-])c1NCCc1cc(C(F)(F)F)ccn1. The van der Waals surface area contributed by atoms with Crippen molar-refractivity contribution in [2.24, 2.45) is 7.05 Å². The molecule has 0 fully saturated rings. The third-order valence-corrected chi connectivity index (χ3v) is 2.91. The Morgan fingerprint density at radius 3 is 2.77 bits per heavy atom. The molecule has 0 saturated heterocycles. The summed E-state index contributed by atoms with van der Waals surface area (Å²) < 4.78 is 39.2. The maximum Gasteiger partial charge on any atom is 0.416 e. The number of halogens is 3. The van der Waals surface area contributed by atoms with E-state index in [0.29, 0.717) is 0 Å². The van der Waals surface area contributed by atoms with Crippen molar-refractivity contribution in [3.05, 3.63) is 46.0 Å². The smallest absolute Gasteiger partial charge is 0.364 e. The van der Waals surface area contributed by atoms with E-state index in [9.17, 15) is 23.3 Å². The average molecular weight is 315 g/mol. The van der Waals surface area contributed by atoms with Gasteiger partial charge >= 0.3 is 12.0 Å². The minimum atomic E-state index is -4.42. The number of hydrogen-bond donors (Lipinski definition) is 1. The van der Waals surface area contributed by atoms with Crippen LogP contribution >= 0.6 is 0 Å². The molecule has 2 rings (SSSR count). The molecule has 0 saturated carbocycles. The molecular formula is C12H12F3N5O2. The summed E-state index contributed by atoms with van der Waals surface area (Å²) in [6.45, 7) is 0.189. The van der Waals surface area contributed by atoms with Gasteiger partial charge < -0.3 is 15.4 Å². The Bertz CT molecular complexity index is 684. The van der Waals surface area contributed by atoms with Gasteiger partial charge in [-0.2, -0.15) is 13.2 Å². The monoisotopic (exact) mass is 315 g/mol. The second kappa shape index (κ2) is 6.00. The molecular weight excluding hydrogens is 303 g/mol. The lowest BCUT2D eigenvalue weighted by Gasteiger charge is -2.09. The van der Waals surface area contributed by atoms with Crippen molar-refractivity contribution in [3.8, 4) is 0 Å². The molecule has 118 valence electrons. The molecule has 0 unspecified atom stereocenters. The van der Waals surface area contributed by atoms with Gasteiger partial charge in [0.2, 0.25) is 12.1 Å². The largest absolute Gasteiger partial charge is 0.416 e. The number of nitrogens with zero attached hydrogens (tertiary/aromatic N) is 4. The average Bonchev–Trinajstić information content (AvgIpc) is 2.80. The number of nitro groups is 1. The second-order valence-electron chi connectivity index (χ2n) is 4.50. The van der Waals surface area contributed by atoms with E-state index in [4.69, 9.17) is 0 Å². The Kier molecular flexibility index (Phi) is 4.29. The molecule has 2 aromatic heterocycles. The topological polar surface area (TPSA) is 85.9 Å². The Morgan fingerprint density at radius 1 is 1.41 bits per heavy atom. The van der Waals surface area contributed by atoms with Gasteiger partial charge in [-0.1, -0.05) is 0 Å². The van der Waals surface area contributed by atoms with E-state index >= 15 is 0 Å². The molecule has 22 heavy (non-hydrogen) atoms. The molecule has 0 aliphatic rings. The standard InChI is InChI=1S/C12H12F3N5O2/c1-19-7-18-11(20(21)22)10(19)17-5-3-9-6-8(2-4-16-9)12(13,14)15/h2,4,6-7,17H,3,5H2,1H3. The number of anilines is 1. The van der Waals surface area contributed by atoms with Crippen LogP contribution in [0.2, 0.25) is 0 Å². The molecule has 0 aromatic carbocycles. The minimum Gasteiger partial charge on any atom is -0.364 e. The first kappa shape index (κ1) is 15.7. The Hall–Kier alpha value is -2.65. The highest BCUT2D eigenvalue weighted by molar-refractivity contribution is 5.51. The zero-order chi connectivity index (χ0) is 16.3. The van der Waals surface area contributed by atoms with E-state index in [2.05, 4.69) is 15.3 Å². The first-order chi connectivity index (χ1) is 10.3. The molecule has 0 atom stereocenters.